The van der Waals surface area contributed by atoms with Crippen LogP contribution in [0.25, 0.3) is 0 Å². The van der Waals surface area contributed by atoms with Gasteiger partial charge in [-0.25, -0.2) is 0 Å². The van der Waals surface area contributed by atoms with Crippen molar-refractivity contribution in [3.63, 3.8) is 0 Å². The van der Waals surface area contributed by atoms with E-state index >= 15 is 0 Å². The second-order valence-electron chi connectivity index (χ2n) is 4.91. The van der Waals surface area contributed by atoms with Crippen molar-refractivity contribution in [3.05, 3.63) is 44.6 Å². The lowest BCUT2D eigenvalue weighted by molar-refractivity contribution is -0.754. The highest BCUT2D eigenvalue weighted by molar-refractivity contribution is 5.94. The van der Waals surface area contributed by atoms with Crippen molar-refractivity contribution in [2.45, 2.75) is 12.5 Å². The summed E-state index contributed by atoms with van der Waals surface area (Å²) in [5.74, 6) is -2.96. The van der Waals surface area contributed by atoms with Gasteiger partial charge in [0.15, 0.2) is 5.92 Å². The van der Waals surface area contributed by atoms with E-state index in [0.717, 1.165) is 20.4 Å². The molecule has 10 heteroatoms. The topological polar surface area (TPSA) is 131 Å². The number of fused-ring (bicyclic) bond motifs is 1. The van der Waals surface area contributed by atoms with Crippen LogP contribution in [-0.2, 0) is 23.9 Å². The van der Waals surface area contributed by atoms with E-state index in [1.54, 1.807) is 0 Å². The first-order valence-corrected chi connectivity index (χ1v) is 6.79. The molecule has 1 aliphatic rings. The molecule has 10 nitrogen and oxygen atoms in total. The molecule has 1 heterocycles. The van der Waals surface area contributed by atoms with Gasteiger partial charge in [0, 0.05) is 17.0 Å². The molecule has 2 rings (SSSR count). The third-order valence-corrected chi connectivity index (χ3v) is 3.52. The standard InChI is InChI=1S/C14H14N2O8/c1-22-13(17)11(14(18)23-2)6-12-10-4-3-9(16(20)21)5-8(10)7-15(19)24-12/h3-5,7,11-12H,6H2,1-2H3. The van der Waals surface area contributed by atoms with Crippen molar-refractivity contribution < 1.29 is 33.7 Å². The number of nitrogens with zero attached hydrogens (tertiary/aromatic N) is 2. The Morgan fingerprint density at radius 1 is 1.33 bits per heavy atom. The van der Waals surface area contributed by atoms with Gasteiger partial charge in [-0.3, -0.25) is 24.9 Å². The van der Waals surface area contributed by atoms with Crippen LogP contribution < -0.4 is 0 Å². The number of nitro groups is 1. The van der Waals surface area contributed by atoms with Crippen LogP contribution in [0.15, 0.2) is 18.2 Å². The quantitative estimate of drug-likeness (QED) is 0.254. The van der Waals surface area contributed by atoms with E-state index in [1.165, 1.54) is 18.2 Å². The maximum atomic E-state index is 11.8. The summed E-state index contributed by atoms with van der Waals surface area (Å²) in [6.45, 7) is 0. The first kappa shape index (κ1) is 17.2. The third kappa shape index (κ3) is 3.42. The summed E-state index contributed by atoms with van der Waals surface area (Å²) in [5, 5.41) is 22.4. The molecule has 0 amide bonds. The van der Waals surface area contributed by atoms with Crippen molar-refractivity contribution in [3.8, 4) is 0 Å². The maximum Gasteiger partial charge on any atom is 0.320 e. The summed E-state index contributed by atoms with van der Waals surface area (Å²) in [6, 6.07) is 3.86. The van der Waals surface area contributed by atoms with Gasteiger partial charge in [0.2, 0.25) is 6.21 Å². The smallest absolute Gasteiger partial charge is 0.320 e. The van der Waals surface area contributed by atoms with E-state index in [0.29, 0.717) is 5.56 Å². The van der Waals surface area contributed by atoms with E-state index in [4.69, 9.17) is 4.84 Å². The maximum absolute atomic E-state index is 11.8. The highest BCUT2D eigenvalue weighted by atomic mass is 16.9. The average molecular weight is 338 g/mol. The van der Waals surface area contributed by atoms with Crippen LogP contribution in [0.2, 0.25) is 0 Å². The predicted octanol–water partition coefficient (Wildman–Crippen LogP) is 0.863. The van der Waals surface area contributed by atoms with Gasteiger partial charge in [0.25, 0.3) is 5.69 Å². The predicted molar refractivity (Wildman–Crippen MR) is 77.9 cm³/mol. The molecule has 1 aromatic carbocycles. The number of esters is 2. The number of hydrogen-bond acceptors (Lipinski definition) is 8. The highest BCUT2D eigenvalue weighted by Gasteiger charge is 2.35. The molecule has 0 N–H and O–H groups in total. The van der Waals surface area contributed by atoms with Gasteiger partial charge in [0.05, 0.1) is 30.8 Å². The molecule has 0 bridgehead atoms. The van der Waals surface area contributed by atoms with E-state index in [-0.39, 0.29) is 22.6 Å². The van der Waals surface area contributed by atoms with Crippen molar-refractivity contribution >= 4 is 23.8 Å². The monoisotopic (exact) mass is 338 g/mol. The molecule has 1 atom stereocenters. The minimum absolute atomic E-state index is 0.127. The molecule has 0 aliphatic carbocycles. The number of carbonyl (C=O) groups is 2. The zero-order valence-corrected chi connectivity index (χ0v) is 12.8. The summed E-state index contributed by atoms with van der Waals surface area (Å²) in [7, 11) is 2.23. The Hall–Kier alpha value is -3.17. The molecular formula is C14H14N2O8. The zero-order chi connectivity index (χ0) is 17.9. The Kier molecular flexibility index (Phi) is 4.97. The molecule has 0 saturated carbocycles. The van der Waals surface area contributed by atoms with Crippen LogP contribution in [0.4, 0.5) is 5.69 Å². The largest absolute Gasteiger partial charge is 0.468 e. The zero-order valence-electron chi connectivity index (χ0n) is 12.8. The van der Waals surface area contributed by atoms with Gasteiger partial charge < -0.3 is 14.3 Å². The number of carbonyl (C=O) groups excluding carboxylic acids is 2. The Balaban J connectivity index is 2.35. The molecule has 128 valence electrons. The fourth-order valence-electron chi connectivity index (χ4n) is 2.36. The molecule has 24 heavy (non-hydrogen) atoms. The number of rotatable bonds is 5. The Labute approximate surface area is 135 Å². The fourth-order valence-corrected chi connectivity index (χ4v) is 2.36. The second-order valence-corrected chi connectivity index (χ2v) is 4.91. The molecule has 1 aliphatic heterocycles. The van der Waals surface area contributed by atoms with Gasteiger partial charge >= 0.3 is 11.9 Å². The lowest BCUT2D eigenvalue weighted by atomic mass is 9.93. The van der Waals surface area contributed by atoms with Gasteiger partial charge in [-0.1, -0.05) is 0 Å². The highest BCUT2D eigenvalue weighted by Crippen LogP contribution is 2.32. The second kappa shape index (κ2) is 6.94. The number of nitro benzene ring substituents is 1. The molecule has 0 fully saturated rings. The minimum atomic E-state index is -1.29. The van der Waals surface area contributed by atoms with Gasteiger partial charge in [-0.05, 0) is 18.1 Å². The number of non-ortho nitro benzene ring substituents is 1. The first-order chi connectivity index (χ1) is 11.4. The number of ether oxygens (including phenoxy) is 2. The summed E-state index contributed by atoms with van der Waals surface area (Å²) in [5.41, 5.74) is 0.506. The van der Waals surface area contributed by atoms with Crippen molar-refractivity contribution in [2.75, 3.05) is 14.2 Å². The van der Waals surface area contributed by atoms with Gasteiger partial charge in [-0.2, -0.15) is 0 Å². The van der Waals surface area contributed by atoms with E-state index in [1.807, 2.05) is 0 Å². The van der Waals surface area contributed by atoms with Crippen molar-refractivity contribution in [2.24, 2.45) is 5.92 Å². The summed E-state index contributed by atoms with van der Waals surface area (Å²) >= 11 is 0. The lowest BCUT2D eigenvalue weighted by Gasteiger charge is -2.26. The van der Waals surface area contributed by atoms with Crippen LogP contribution in [0.5, 0.6) is 0 Å². The average Bonchev–Trinajstić information content (AvgIpc) is 2.57. The van der Waals surface area contributed by atoms with Crippen molar-refractivity contribution in [1.29, 1.82) is 0 Å². The number of hydrogen-bond donors (Lipinski definition) is 0. The number of methoxy groups -OCH3 is 2. The van der Waals surface area contributed by atoms with Crippen LogP contribution in [0.3, 0.4) is 0 Å². The van der Waals surface area contributed by atoms with Gasteiger partial charge in [0.1, 0.15) is 0 Å². The Bertz CT molecular complexity index is 699. The van der Waals surface area contributed by atoms with E-state index in [9.17, 15) is 24.9 Å². The van der Waals surface area contributed by atoms with Crippen LogP contribution in [0, 0.1) is 21.2 Å². The SMILES string of the molecule is COC(=O)C(CC1O[N+]([O-])=Cc2cc([N+](=O)[O-])ccc21)C(=O)OC. The van der Waals surface area contributed by atoms with Gasteiger partial charge in [-0.15, -0.1) is 0 Å². The fraction of sp³-hybridized carbons (Fsp3) is 0.357. The molecule has 0 aromatic heterocycles. The minimum Gasteiger partial charge on any atom is -0.468 e. The molecular weight excluding hydrogens is 324 g/mol. The molecule has 0 spiro atoms. The third-order valence-electron chi connectivity index (χ3n) is 3.52. The summed E-state index contributed by atoms with van der Waals surface area (Å²) in [4.78, 5) is 38.9. The lowest BCUT2D eigenvalue weighted by Crippen LogP contribution is -2.31. The summed E-state index contributed by atoms with van der Waals surface area (Å²) in [6.07, 6.45) is -0.146. The van der Waals surface area contributed by atoms with Crippen LogP contribution in [-0.4, -0.2) is 42.2 Å². The van der Waals surface area contributed by atoms with Crippen molar-refractivity contribution in [1.82, 2.24) is 0 Å². The molecule has 1 aromatic rings. The Morgan fingerprint density at radius 2 is 1.96 bits per heavy atom. The summed E-state index contributed by atoms with van der Waals surface area (Å²) < 4.78 is 9.12. The normalized spacial score (nSPS) is 15.8. The molecule has 1 unspecified atom stereocenters. The molecule has 0 radical (unpaired) electrons. The van der Waals surface area contributed by atoms with Crippen LogP contribution >= 0.6 is 0 Å². The Morgan fingerprint density at radius 3 is 2.50 bits per heavy atom. The van der Waals surface area contributed by atoms with E-state index in [2.05, 4.69) is 9.47 Å². The number of benzene rings is 1. The first-order valence-electron chi connectivity index (χ1n) is 6.79. The van der Waals surface area contributed by atoms with E-state index < -0.39 is 28.9 Å². The molecule has 0 saturated heterocycles. The van der Waals surface area contributed by atoms with Crippen LogP contribution in [0.1, 0.15) is 23.7 Å².